The highest BCUT2D eigenvalue weighted by atomic mass is 19.1. The minimum absolute atomic E-state index is 0.0460. The van der Waals surface area contributed by atoms with Gasteiger partial charge in [-0.15, -0.1) is 6.58 Å². The largest absolute Gasteiger partial charge is 0.356 e. The van der Waals surface area contributed by atoms with Crippen LogP contribution in [-0.2, 0) is 0 Å². The average Bonchev–Trinajstić information content (AvgIpc) is 3.14. The normalized spacial score (nSPS) is 17.1. The molecule has 1 aromatic heterocycles. The third kappa shape index (κ3) is 3.43. The Morgan fingerprint density at radius 2 is 1.89 bits per heavy atom. The molecule has 3 aromatic rings. The lowest BCUT2D eigenvalue weighted by Crippen LogP contribution is -2.44. The Hall–Kier alpha value is -2.79. The van der Waals surface area contributed by atoms with Crippen LogP contribution in [0.3, 0.4) is 0 Å². The van der Waals surface area contributed by atoms with Crippen LogP contribution in [0.25, 0.3) is 11.0 Å². The first-order chi connectivity index (χ1) is 13.2. The molecule has 1 aliphatic heterocycles. The minimum atomic E-state index is -0.398. The summed E-state index contributed by atoms with van der Waals surface area (Å²) < 4.78 is 18.6. The first-order valence-corrected chi connectivity index (χ1v) is 9.18. The maximum atomic E-state index is 13.1. The first kappa shape index (κ1) is 17.6. The number of hydrogen-bond acceptors (Lipinski definition) is 4. The van der Waals surface area contributed by atoms with Crippen LogP contribution in [0.4, 0.5) is 4.39 Å². The number of piperidine rings is 1. The molecule has 1 fully saturated rings. The fourth-order valence-corrected chi connectivity index (χ4v) is 3.86. The Morgan fingerprint density at radius 1 is 1.19 bits per heavy atom. The molecule has 1 aliphatic rings. The number of nitrogens with zero attached hydrogens (tertiary/aromatic N) is 2. The highest BCUT2D eigenvalue weighted by Gasteiger charge is 2.30. The maximum absolute atomic E-state index is 13.1. The molecule has 2 heterocycles. The quantitative estimate of drug-likeness (QED) is 0.491. The van der Waals surface area contributed by atoms with Crippen molar-refractivity contribution in [2.75, 3.05) is 13.1 Å². The van der Waals surface area contributed by atoms with Crippen LogP contribution in [0, 0.1) is 5.82 Å². The molecule has 0 amide bonds. The zero-order chi connectivity index (χ0) is 18.8. The molecule has 0 N–H and O–H groups in total. The van der Waals surface area contributed by atoms with Crippen molar-refractivity contribution in [3.8, 4) is 0 Å². The van der Waals surface area contributed by atoms with Gasteiger partial charge in [0.15, 0.2) is 11.4 Å². The summed E-state index contributed by atoms with van der Waals surface area (Å²) in [5, 5.41) is 5.35. The highest BCUT2D eigenvalue weighted by molar-refractivity contribution is 6.01. The molecular weight excluding hydrogens is 343 g/mol. The number of benzene rings is 2. The van der Waals surface area contributed by atoms with Crippen molar-refractivity contribution in [3.63, 3.8) is 0 Å². The number of aromatic nitrogens is 1. The standard InChI is InChI=1S/C22H21FN2O2/c1-2-19(22(26)16-7-9-17(23)10-8-16)25-13-11-15(12-14-25)21-18-5-3-4-6-20(18)27-24-21/h2-10,15,19H,1,11-14H2. The van der Waals surface area contributed by atoms with E-state index in [1.54, 1.807) is 6.08 Å². The number of ketones is 1. The summed E-state index contributed by atoms with van der Waals surface area (Å²) in [7, 11) is 0. The number of Topliss-reactive ketones (excluding diaryl/α,β-unsaturated/α-hetero) is 1. The molecule has 138 valence electrons. The maximum Gasteiger partial charge on any atom is 0.183 e. The number of fused-ring (bicyclic) bond motifs is 1. The van der Waals surface area contributed by atoms with E-state index in [4.69, 9.17) is 4.52 Å². The summed E-state index contributed by atoms with van der Waals surface area (Å²) in [5.74, 6) is -0.0750. The summed E-state index contributed by atoms with van der Waals surface area (Å²) in [6.07, 6.45) is 3.48. The summed E-state index contributed by atoms with van der Waals surface area (Å²) >= 11 is 0. The lowest BCUT2D eigenvalue weighted by atomic mass is 9.90. The van der Waals surface area contributed by atoms with Gasteiger partial charge in [0.2, 0.25) is 0 Å². The molecule has 4 nitrogen and oxygen atoms in total. The van der Waals surface area contributed by atoms with Gasteiger partial charge >= 0.3 is 0 Å². The first-order valence-electron chi connectivity index (χ1n) is 9.18. The van der Waals surface area contributed by atoms with Gasteiger partial charge in [0.25, 0.3) is 0 Å². The summed E-state index contributed by atoms with van der Waals surface area (Å²) in [4.78, 5) is 14.9. The van der Waals surface area contributed by atoms with E-state index in [9.17, 15) is 9.18 Å². The van der Waals surface area contributed by atoms with Gasteiger partial charge in [-0.2, -0.15) is 0 Å². The number of carbonyl (C=O) groups is 1. The van der Waals surface area contributed by atoms with Crippen LogP contribution in [0.2, 0.25) is 0 Å². The van der Waals surface area contributed by atoms with Gasteiger partial charge < -0.3 is 4.52 Å². The molecule has 1 unspecified atom stereocenters. The summed E-state index contributed by atoms with van der Waals surface area (Å²) in [5.41, 5.74) is 2.32. The topological polar surface area (TPSA) is 46.3 Å². The Labute approximate surface area is 157 Å². The fraction of sp³-hybridized carbons (Fsp3) is 0.273. The van der Waals surface area contributed by atoms with E-state index < -0.39 is 6.04 Å². The van der Waals surface area contributed by atoms with Gasteiger partial charge in [-0.3, -0.25) is 9.69 Å². The number of likely N-dealkylation sites (tertiary alicyclic amines) is 1. The summed E-state index contributed by atoms with van der Waals surface area (Å²) in [6.45, 7) is 5.39. The minimum Gasteiger partial charge on any atom is -0.356 e. The van der Waals surface area contributed by atoms with E-state index in [1.807, 2.05) is 24.3 Å². The van der Waals surface area contributed by atoms with Crippen molar-refractivity contribution in [1.29, 1.82) is 0 Å². The van der Waals surface area contributed by atoms with Gasteiger partial charge in [0, 0.05) is 16.9 Å². The van der Waals surface area contributed by atoms with Gasteiger partial charge in [-0.05, 0) is 62.3 Å². The number of para-hydroxylation sites is 1. The average molecular weight is 364 g/mol. The predicted octanol–water partition coefficient (Wildman–Crippen LogP) is 4.58. The molecule has 0 spiro atoms. The van der Waals surface area contributed by atoms with Crippen molar-refractivity contribution < 1.29 is 13.7 Å². The van der Waals surface area contributed by atoms with Gasteiger partial charge in [0.1, 0.15) is 5.82 Å². The molecule has 0 bridgehead atoms. The fourth-order valence-electron chi connectivity index (χ4n) is 3.86. The van der Waals surface area contributed by atoms with E-state index in [2.05, 4.69) is 16.6 Å². The second kappa shape index (κ2) is 7.45. The molecule has 0 radical (unpaired) electrons. The third-order valence-corrected chi connectivity index (χ3v) is 5.34. The van der Waals surface area contributed by atoms with Gasteiger partial charge in [0.05, 0.1) is 11.7 Å². The van der Waals surface area contributed by atoms with Crippen LogP contribution < -0.4 is 0 Å². The molecule has 0 saturated carbocycles. The van der Waals surface area contributed by atoms with Gasteiger partial charge in [-0.25, -0.2) is 4.39 Å². The Bertz CT molecular complexity index is 956. The van der Waals surface area contributed by atoms with Crippen molar-refractivity contribution >= 4 is 16.8 Å². The zero-order valence-corrected chi connectivity index (χ0v) is 15.0. The van der Waals surface area contributed by atoms with Crippen molar-refractivity contribution in [2.24, 2.45) is 0 Å². The Morgan fingerprint density at radius 3 is 2.59 bits per heavy atom. The third-order valence-electron chi connectivity index (χ3n) is 5.34. The number of rotatable bonds is 5. The van der Waals surface area contributed by atoms with Crippen LogP contribution >= 0.6 is 0 Å². The van der Waals surface area contributed by atoms with Crippen LogP contribution in [0.5, 0.6) is 0 Å². The number of halogens is 1. The van der Waals surface area contributed by atoms with Crippen LogP contribution in [0.15, 0.2) is 65.7 Å². The van der Waals surface area contributed by atoms with Crippen LogP contribution in [-0.4, -0.2) is 35.0 Å². The highest BCUT2D eigenvalue weighted by Crippen LogP contribution is 2.33. The molecule has 4 rings (SSSR count). The van der Waals surface area contributed by atoms with Crippen molar-refractivity contribution in [2.45, 2.75) is 24.8 Å². The molecule has 1 saturated heterocycles. The molecule has 1 atom stereocenters. The van der Waals surface area contributed by atoms with Crippen LogP contribution in [0.1, 0.15) is 34.8 Å². The molecule has 5 heteroatoms. The smallest absolute Gasteiger partial charge is 0.183 e. The molecule has 2 aromatic carbocycles. The van der Waals surface area contributed by atoms with E-state index in [0.29, 0.717) is 11.5 Å². The summed E-state index contributed by atoms with van der Waals surface area (Å²) in [6, 6.07) is 13.2. The number of carbonyl (C=O) groups excluding carboxylic acids is 1. The molecule has 0 aliphatic carbocycles. The molecule has 27 heavy (non-hydrogen) atoms. The SMILES string of the molecule is C=CC(C(=O)c1ccc(F)cc1)N1CCC(c2noc3ccccc23)CC1. The van der Waals surface area contributed by atoms with E-state index in [0.717, 1.165) is 42.6 Å². The van der Waals surface area contributed by atoms with Crippen molar-refractivity contribution in [1.82, 2.24) is 10.1 Å². The van der Waals surface area contributed by atoms with Gasteiger partial charge in [-0.1, -0.05) is 23.4 Å². The van der Waals surface area contributed by atoms with Crippen molar-refractivity contribution in [3.05, 3.63) is 78.3 Å². The van der Waals surface area contributed by atoms with E-state index in [1.165, 1.54) is 24.3 Å². The zero-order valence-electron chi connectivity index (χ0n) is 15.0. The predicted molar refractivity (Wildman–Crippen MR) is 102 cm³/mol. The molecular formula is C22H21FN2O2. The monoisotopic (exact) mass is 364 g/mol. The Balaban J connectivity index is 1.46. The van der Waals surface area contributed by atoms with E-state index in [-0.39, 0.29) is 11.6 Å². The lowest BCUT2D eigenvalue weighted by molar-refractivity contribution is 0.0832. The second-order valence-electron chi connectivity index (χ2n) is 6.93. The lowest BCUT2D eigenvalue weighted by Gasteiger charge is -2.35. The number of hydrogen-bond donors (Lipinski definition) is 0. The van der Waals surface area contributed by atoms with E-state index >= 15 is 0 Å². The Kier molecular flexibility index (Phi) is 4.86. The second-order valence-corrected chi connectivity index (χ2v) is 6.93.